The number of piperidine rings is 1. The van der Waals surface area contributed by atoms with Crippen LogP contribution in [0, 0.1) is 5.41 Å². The number of anilines is 1. The third-order valence-electron chi connectivity index (χ3n) is 7.15. The van der Waals surface area contributed by atoms with Gasteiger partial charge in [0.25, 0.3) is 0 Å². The van der Waals surface area contributed by atoms with E-state index < -0.39 is 0 Å². The Bertz CT molecular complexity index is 1240. The van der Waals surface area contributed by atoms with Crippen LogP contribution in [0.1, 0.15) is 32.1 Å². The second-order valence-electron chi connectivity index (χ2n) is 8.76. The van der Waals surface area contributed by atoms with Crippen molar-refractivity contribution >= 4 is 34.1 Å². The maximum Gasteiger partial charge on any atom is 0.212 e. The van der Waals surface area contributed by atoms with Crippen molar-refractivity contribution in [1.29, 1.82) is 0 Å². The smallest absolute Gasteiger partial charge is 0.212 e. The highest BCUT2D eigenvalue weighted by Gasteiger charge is 2.43. The van der Waals surface area contributed by atoms with E-state index in [1.807, 2.05) is 29.1 Å². The summed E-state index contributed by atoms with van der Waals surface area (Å²) in [5, 5.41) is 10.9. The van der Waals surface area contributed by atoms with Crippen LogP contribution in [0.5, 0.6) is 0 Å². The Balaban J connectivity index is 1.31. The Labute approximate surface area is 185 Å². The minimum Gasteiger partial charge on any atom is -0.342 e. The molecule has 1 aliphatic carbocycles. The lowest BCUT2D eigenvalue weighted by atomic mass is 9.74. The first-order chi connectivity index (χ1) is 15.2. The van der Waals surface area contributed by atoms with Gasteiger partial charge in [0, 0.05) is 48.0 Å². The minimum absolute atomic E-state index is 0.333. The van der Waals surface area contributed by atoms with Crippen LogP contribution >= 0.6 is 11.8 Å². The van der Waals surface area contributed by atoms with E-state index in [0.717, 1.165) is 52.7 Å². The Morgan fingerprint density at radius 1 is 1.03 bits per heavy atom. The summed E-state index contributed by atoms with van der Waals surface area (Å²) in [5.41, 5.74) is 7.64. The standard InChI is InChI=1S/C23H25N7S/c24-20-6-3-7-23(20)8-10-29(11-9-23)22-26-14-19(21-28-27-15-30(21)22)31-18-13-25-12-16-4-1-2-5-17(16)18/h1-2,4-5,12-15,20H,3,6-11,24H2/t20-/m1/s1. The third-order valence-corrected chi connectivity index (χ3v) is 8.20. The maximum absolute atomic E-state index is 6.47. The lowest BCUT2D eigenvalue weighted by molar-refractivity contribution is 0.197. The van der Waals surface area contributed by atoms with Crippen LogP contribution in [-0.4, -0.2) is 43.7 Å². The summed E-state index contributed by atoms with van der Waals surface area (Å²) >= 11 is 1.64. The first-order valence-corrected chi connectivity index (χ1v) is 11.8. The molecule has 1 aliphatic heterocycles. The molecule has 4 aromatic rings. The molecule has 1 atom stereocenters. The third kappa shape index (κ3) is 3.16. The molecule has 0 unspecified atom stereocenters. The van der Waals surface area contributed by atoms with E-state index in [4.69, 9.17) is 10.7 Å². The van der Waals surface area contributed by atoms with Crippen molar-refractivity contribution in [3.8, 4) is 0 Å². The summed E-state index contributed by atoms with van der Waals surface area (Å²) in [4.78, 5) is 13.7. The topological polar surface area (TPSA) is 85.2 Å². The summed E-state index contributed by atoms with van der Waals surface area (Å²) in [6.45, 7) is 1.96. The summed E-state index contributed by atoms with van der Waals surface area (Å²) in [6, 6.07) is 8.65. The summed E-state index contributed by atoms with van der Waals surface area (Å²) in [5.74, 6) is 0.918. The van der Waals surface area contributed by atoms with Gasteiger partial charge in [-0.2, -0.15) is 0 Å². The van der Waals surface area contributed by atoms with Gasteiger partial charge in [0.05, 0.1) is 4.90 Å². The quantitative estimate of drug-likeness (QED) is 0.526. The zero-order valence-electron chi connectivity index (χ0n) is 17.3. The summed E-state index contributed by atoms with van der Waals surface area (Å²) in [7, 11) is 0. The zero-order valence-corrected chi connectivity index (χ0v) is 18.1. The number of rotatable bonds is 3. The van der Waals surface area contributed by atoms with Gasteiger partial charge in [-0.1, -0.05) is 42.4 Å². The lowest BCUT2D eigenvalue weighted by Crippen LogP contribution is -2.47. The van der Waals surface area contributed by atoms with Crippen LogP contribution in [0.25, 0.3) is 16.4 Å². The van der Waals surface area contributed by atoms with Crippen LogP contribution in [0.3, 0.4) is 0 Å². The molecule has 31 heavy (non-hydrogen) atoms. The number of nitrogens with zero attached hydrogens (tertiary/aromatic N) is 6. The van der Waals surface area contributed by atoms with E-state index in [0.29, 0.717) is 11.5 Å². The molecule has 1 spiro atoms. The zero-order chi connectivity index (χ0) is 20.8. The fourth-order valence-corrected chi connectivity index (χ4v) is 6.30. The molecule has 3 aromatic heterocycles. The molecule has 7 nitrogen and oxygen atoms in total. The van der Waals surface area contributed by atoms with Crippen molar-refractivity contribution in [3.05, 3.63) is 49.2 Å². The molecular formula is C23H25N7S. The number of fused-ring (bicyclic) bond motifs is 2. The van der Waals surface area contributed by atoms with Crippen LogP contribution in [-0.2, 0) is 0 Å². The van der Waals surface area contributed by atoms with Crippen LogP contribution in [0.15, 0.2) is 59.0 Å². The number of aromatic nitrogens is 5. The summed E-state index contributed by atoms with van der Waals surface area (Å²) < 4.78 is 2.02. The van der Waals surface area contributed by atoms with E-state index in [1.165, 1.54) is 24.6 Å². The molecule has 0 amide bonds. The highest BCUT2D eigenvalue weighted by atomic mass is 32.2. The van der Waals surface area contributed by atoms with Gasteiger partial charge in [-0.15, -0.1) is 10.2 Å². The highest BCUT2D eigenvalue weighted by molar-refractivity contribution is 7.99. The average molecular weight is 432 g/mol. The Kier molecular flexibility index (Phi) is 4.57. The number of pyridine rings is 1. The molecule has 158 valence electrons. The van der Waals surface area contributed by atoms with E-state index >= 15 is 0 Å². The minimum atomic E-state index is 0.333. The predicted octanol–water partition coefficient (Wildman–Crippen LogP) is 3.92. The molecule has 1 saturated carbocycles. The van der Waals surface area contributed by atoms with Gasteiger partial charge >= 0.3 is 0 Å². The molecule has 6 rings (SSSR count). The fourth-order valence-electron chi connectivity index (χ4n) is 5.32. The Morgan fingerprint density at radius 2 is 1.90 bits per heavy atom. The number of benzene rings is 1. The van der Waals surface area contributed by atoms with Crippen LogP contribution in [0.2, 0.25) is 0 Å². The molecule has 0 bridgehead atoms. The van der Waals surface area contributed by atoms with Crippen molar-refractivity contribution in [2.24, 2.45) is 11.1 Å². The molecule has 8 heteroatoms. The van der Waals surface area contributed by atoms with Crippen molar-refractivity contribution in [3.63, 3.8) is 0 Å². The SMILES string of the molecule is N[C@@H]1CCCC12CCN(c1ncc(Sc3cncc4ccccc34)c3nncn13)CC2. The van der Waals surface area contributed by atoms with E-state index in [9.17, 15) is 0 Å². The van der Waals surface area contributed by atoms with E-state index in [2.05, 4.69) is 38.3 Å². The molecule has 0 radical (unpaired) electrons. The van der Waals surface area contributed by atoms with Crippen LogP contribution in [0.4, 0.5) is 5.95 Å². The van der Waals surface area contributed by atoms with Crippen molar-refractivity contribution in [2.45, 2.75) is 47.9 Å². The number of hydrogen-bond acceptors (Lipinski definition) is 7. The van der Waals surface area contributed by atoms with Gasteiger partial charge in [-0.05, 0) is 36.5 Å². The van der Waals surface area contributed by atoms with Crippen LogP contribution < -0.4 is 10.6 Å². The highest BCUT2D eigenvalue weighted by Crippen LogP contribution is 2.46. The van der Waals surface area contributed by atoms with Crippen molar-refractivity contribution in [2.75, 3.05) is 18.0 Å². The maximum atomic E-state index is 6.47. The van der Waals surface area contributed by atoms with Gasteiger partial charge in [-0.3, -0.25) is 4.98 Å². The second kappa shape index (κ2) is 7.46. The molecule has 1 saturated heterocycles. The molecule has 2 fully saturated rings. The molecule has 2 aliphatic rings. The molecular weight excluding hydrogens is 406 g/mol. The Morgan fingerprint density at radius 3 is 2.74 bits per heavy atom. The first kappa shape index (κ1) is 19.0. The number of nitrogens with two attached hydrogens (primary N) is 1. The lowest BCUT2D eigenvalue weighted by Gasteiger charge is -2.42. The largest absolute Gasteiger partial charge is 0.342 e. The van der Waals surface area contributed by atoms with Gasteiger partial charge in [0.15, 0.2) is 5.65 Å². The monoisotopic (exact) mass is 431 g/mol. The Hall–Kier alpha value is -2.71. The van der Waals surface area contributed by atoms with Gasteiger partial charge in [0.2, 0.25) is 5.95 Å². The predicted molar refractivity (Wildman–Crippen MR) is 122 cm³/mol. The molecule has 2 N–H and O–H groups in total. The van der Waals surface area contributed by atoms with Gasteiger partial charge < -0.3 is 10.6 Å². The molecule has 4 heterocycles. The first-order valence-electron chi connectivity index (χ1n) is 10.9. The second-order valence-corrected chi connectivity index (χ2v) is 9.84. The normalized spacial score (nSPS) is 20.8. The van der Waals surface area contributed by atoms with Gasteiger partial charge in [0.1, 0.15) is 6.33 Å². The van der Waals surface area contributed by atoms with E-state index in [-0.39, 0.29) is 0 Å². The van der Waals surface area contributed by atoms with E-state index in [1.54, 1.807) is 18.1 Å². The summed E-state index contributed by atoms with van der Waals surface area (Å²) in [6.07, 6.45) is 13.5. The molecule has 1 aromatic carbocycles. The number of hydrogen-bond donors (Lipinski definition) is 1. The average Bonchev–Trinajstić information content (AvgIpc) is 3.43. The van der Waals surface area contributed by atoms with Crippen molar-refractivity contribution in [1.82, 2.24) is 24.6 Å². The fraction of sp³-hybridized carbons (Fsp3) is 0.391. The van der Waals surface area contributed by atoms with Crippen molar-refractivity contribution < 1.29 is 0 Å². The van der Waals surface area contributed by atoms with Gasteiger partial charge in [-0.25, -0.2) is 9.38 Å².